The highest BCUT2D eigenvalue weighted by atomic mass is 14.7. The van der Waals surface area contributed by atoms with Crippen LogP contribution in [0.25, 0.3) is 6.08 Å². The van der Waals surface area contributed by atoms with Crippen LogP contribution >= 0.6 is 0 Å². The predicted octanol–water partition coefficient (Wildman–Crippen LogP) is 2.72. The van der Waals surface area contributed by atoms with E-state index in [0.29, 0.717) is 11.5 Å². The molecule has 0 aliphatic carbocycles. The normalized spacial score (nSPS) is 9.69. The van der Waals surface area contributed by atoms with Crippen molar-refractivity contribution in [3.63, 3.8) is 0 Å². The Kier molecular flexibility index (Phi) is 2.81. The average molecular weight is 172 g/mol. The second-order valence-electron chi connectivity index (χ2n) is 3.17. The maximum absolute atomic E-state index is 8.82. The van der Waals surface area contributed by atoms with Gasteiger partial charge >= 0.3 is 0 Å². The van der Waals surface area contributed by atoms with Crippen LogP contribution in [0.15, 0.2) is 18.8 Å². The van der Waals surface area contributed by atoms with E-state index in [4.69, 9.17) is 5.26 Å². The number of hydrogen-bond donors (Lipinski definition) is 0. The highest BCUT2D eigenvalue weighted by Crippen LogP contribution is 2.19. The van der Waals surface area contributed by atoms with Crippen LogP contribution in [0.5, 0.6) is 0 Å². The molecular weight excluding hydrogens is 160 g/mol. The van der Waals surface area contributed by atoms with Crippen LogP contribution in [0.2, 0.25) is 0 Å². The van der Waals surface area contributed by atoms with Crippen LogP contribution in [-0.4, -0.2) is 4.98 Å². The van der Waals surface area contributed by atoms with Gasteiger partial charge in [-0.15, -0.1) is 0 Å². The summed E-state index contributed by atoms with van der Waals surface area (Å²) in [7, 11) is 0. The van der Waals surface area contributed by atoms with Crippen molar-refractivity contribution in [1.82, 2.24) is 4.98 Å². The van der Waals surface area contributed by atoms with Gasteiger partial charge in [-0.1, -0.05) is 20.4 Å². The smallest absolute Gasteiger partial charge is 0.101 e. The SMILES string of the molecule is C=Cc1cc(C(C)C)c(C#N)cn1. The molecule has 2 heteroatoms. The first-order valence-electron chi connectivity index (χ1n) is 4.21. The second-order valence-corrected chi connectivity index (χ2v) is 3.17. The van der Waals surface area contributed by atoms with E-state index in [2.05, 4.69) is 31.5 Å². The second kappa shape index (κ2) is 3.86. The Hall–Kier alpha value is -1.62. The number of hydrogen-bond acceptors (Lipinski definition) is 2. The molecule has 0 atom stereocenters. The highest BCUT2D eigenvalue weighted by molar-refractivity contribution is 5.48. The van der Waals surface area contributed by atoms with Gasteiger partial charge in [0, 0.05) is 6.20 Å². The lowest BCUT2D eigenvalue weighted by molar-refractivity contribution is 0.857. The highest BCUT2D eigenvalue weighted by Gasteiger charge is 2.06. The number of pyridine rings is 1. The molecule has 1 heterocycles. The van der Waals surface area contributed by atoms with Crippen LogP contribution in [0.4, 0.5) is 0 Å². The van der Waals surface area contributed by atoms with Gasteiger partial charge in [-0.05, 0) is 23.6 Å². The lowest BCUT2D eigenvalue weighted by atomic mass is 9.99. The van der Waals surface area contributed by atoms with E-state index in [0.717, 1.165) is 11.3 Å². The van der Waals surface area contributed by atoms with Gasteiger partial charge < -0.3 is 0 Å². The molecule has 0 N–H and O–H groups in total. The third-order valence-electron chi connectivity index (χ3n) is 1.91. The summed E-state index contributed by atoms with van der Waals surface area (Å²) in [5.41, 5.74) is 2.51. The first-order chi connectivity index (χ1) is 6.19. The molecule has 66 valence electrons. The summed E-state index contributed by atoms with van der Waals surface area (Å²) in [6.45, 7) is 7.76. The average Bonchev–Trinajstić information content (AvgIpc) is 2.16. The maximum Gasteiger partial charge on any atom is 0.101 e. The molecule has 0 aromatic carbocycles. The summed E-state index contributed by atoms with van der Waals surface area (Å²) in [6.07, 6.45) is 3.29. The lowest BCUT2D eigenvalue weighted by Crippen LogP contribution is -1.95. The Morgan fingerprint density at radius 3 is 2.77 bits per heavy atom. The predicted molar refractivity (Wildman–Crippen MR) is 53.1 cm³/mol. The van der Waals surface area contributed by atoms with Crippen molar-refractivity contribution in [3.8, 4) is 6.07 Å². The molecule has 1 rings (SSSR count). The molecule has 0 bridgehead atoms. The van der Waals surface area contributed by atoms with Gasteiger partial charge in [0.05, 0.1) is 11.3 Å². The van der Waals surface area contributed by atoms with Gasteiger partial charge in [0.15, 0.2) is 0 Å². The molecule has 0 fully saturated rings. The van der Waals surface area contributed by atoms with Crippen molar-refractivity contribution in [1.29, 1.82) is 5.26 Å². The summed E-state index contributed by atoms with van der Waals surface area (Å²) in [4.78, 5) is 4.07. The van der Waals surface area contributed by atoms with Crippen molar-refractivity contribution in [2.24, 2.45) is 0 Å². The molecule has 13 heavy (non-hydrogen) atoms. The molecule has 0 unspecified atom stereocenters. The Labute approximate surface area is 78.5 Å². The van der Waals surface area contributed by atoms with E-state index >= 15 is 0 Å². The van der Waals surface area contributed by atoms with Gasteiger partial charge in [-0.25, -0.2) is 0 Å². The standard InChI is InChI=1S/C11H12N2/c1-4-10-5-11(8(2)3)9(6-12)7-13-10/h4-5,7-8H,1H2,2-3H3. The fourth-order valence-electron chi connectivity index (χ4n) is 1.17. The Morgan fingerprint density at radius 1 is 1.62 bits per heavy atom. The summed E-state index contributed by atoms with van der Waals surface area (Å²) in [5.74, 6) is 0.344. The van der Waals surface area contributed by atoms with E-state index in [1.54, 1.807) is 12.3 Å². The zero-order chi connectivity index (χ0) is 9.84. The molecule has 0 saturated carbocycles. The van der Waals surface area contributed by atoms with Crippen LogP contribution in [0.1, 0.15) is 36.6 Å². The summed E-state index contributed by atoms with van der Waals surface area (Å²) < 4.78 is 0. The van der Waals surface area contributed by atoms with Gasteiger partial charge in [0.25, 0.3) is 0 Å². The van der Waals surface area contributed by atoms with Gasteiger partial charge in [0.2, 0.25) is 0 Å². The molecule has 0 radical (unpaired) electrons. The largest absolute Gasteiger partial charge is 0.256 e. The van der Waals surface area contributed by atoms with Crippen molar-refractivity contribution >= 4 is 6.08 Å². The van der Waals surface area contributed by atoms with Crippen LogP contribution in [0, 0.1) is 11.3 Å². The molecule has 0 aliphatic heterocycles. The number of nitrogens with zero attached hydrogens (tertiary/aromatic N) is 2. The minimum absolute atomic E-state index is 0.344. The van der Waals surface area contributed by atoms with Crippen molar-refractivity contribution in [2.45, 2.75) is 19.8 Å². The fraction of sp³-hybridized carbons (Fsp3) is 0.273. The fourth-order valence-corrected chi connectivity index (χ4v) is 1.17. The minimum Gasteiger partial charge on any atom is -0.256 e. The number of aromatic nitrogens is 1. The van der Waals surface area contributed by atoms with Gasteiger partial charge in [-0.3, -0.25) is 4.98 Å². The molecule has 1 aromatic rings. The minimum atomic E-state index is 0.344. The zero-order valence-electron chi connectivity index (χ0n) is 7.91. The van der Waals surface area contributed by atoms with Crippen molar-refractivity contribution in [2.75, 3.05) is 0 Å². The third kappa shape index (κ3) is 1.94. The Bertz CT molecular complexity index is 359. The van der Waals surface area contributed by atoms with E-state index < -0.39 is 0 Å². The first-order valence-corrected chi connectivity index (χ1v) is 4.21. The van der Waals surface area contributed by atoms with Crippen LogP contribution in [-0.2, 0) is 0 Å². The molecule has 2 nitrogen and oxygen atoms in total. The molecule has 0 aliphatic rings. The monoisotopic (exact) mass is 172 g/mol. The third-order valence-corrected chi connectivity index (χ3v) is 1.91. The van der Waals surface area contributed by atoms with Crippen LogP contribution in [0.3, 0.4) is 0 Å². The number of rotatable bonds is 2. The first kappa shape index (κ1) is 9.47. The summed E-state index contributed by atoms with van der Waals surface area (Å²) in [5, 5.41) is 8.82. The molecule has 0 amide bonds. The van der Waals surface area contributed by atoms with Crippen LogP contribution < -0.4 is 0 Å². The molecule has 1 aromatic heterocycles. The van der Waals surface area contributed by atoms with Crippen molar-refractivity contribution < 1.29 is 0 Å². The summed E-state index contributed by atoms with van der Waals surface area (Å²) in [6, 6.07) is 4.04. The van der Waals surface area contributed by atoms with Gasteiger partial charge in [-0.2, -0.15) is 5.26 Å². The molecule has 0 spiro atoms. The maximum atomic E-state index is 8.82. The summed E-state index contributed by atoms with van der Waals surface area (Å²) >= 11 is 0. The quantitative estimate of drug-likeness (QED) is 0.687. The van der Waals surface area contributed by atoms with Crippen molar-refractivity contribution in [3.05, 3.63) is 35.7 Å². The molecular formula is C11H12N2. The van der Waals surface area contributed by atoms with E-state index in [-0.39, 0.29) is 0 Å². The topological polar surface area (TPSA) is 36.7 Å². The zero-order valence-corrected chi connectivity index (χ0v) is 7.91. The van der Waals surface area contributed by atoms with Gasteiger partial charge in [0.1, 0.15) is 6.07 Å². The Morgan fingerprint density at radius 2 is 2.31 bits per heavy atom. The number of nitriles is 1. The Balaban J connectivity index is 3.27. The van der Waals surface area contributed by atoms with E-state index in [1.807, 2.05) is 6.07 Å². The van der Waals surface area contributed by atoms with E-state index in [1.165, 1.54) is 0 Å². The lowest BCUT2D eigenvalue weighted by Gasteiger charge is -2.07. The molecule has 0 saturated heterocycles. The van der Waals surface area contributed by atoms with E-state index in [9.17, 15) is 0 Å².